The average Bonchev–Trinajstić information content (AvgIpc) is 2.74. The van der Waals surface area contributed by atoms with Gasteiger partial charge in [0.15, 0.2) is 0 Å². The average molecular weight is 392 g/mol. The molecule has 2 aliphatic rings. The van der Waals surface area contributed by atoms with Crippen molar-refractivity contribution < 1.29 is 14.3 Å². The van der Waals surface area contributed by atoms with Crippen molar-refractivity contribution in [3.05, 3.63) is 59.7 Å². The first-order valence-corrected chi connectivity index (χ1v) is 10.4. The first kappa shape index (κ1) is 19.5. The van der Waals surface area contributed by atoms with Gasteiger partial charge in [0.1, 0.15) is 12.4 Å². The van der Waals surface area contributed by atoms with Crippen molar-refractivity contribution in [2.24, 2.45) is 0 Å². The standard InChI is InChI=1S/C24H28N2O3/c1-24(2)14-13-19(17-7-3-4-8-18(17)24)25-22(27)11-12-23(28)26-15-16-29-21-10-6-5-9-20(21)26/h3-10,19H,11-16H2,1-2H3,(H,25,27). The molecule has 1 heterocycles. The van der Waals surface area contributed by atoms with Crippen molar-refractivity contribution in [2.45, 2.75) is 51.0 Å². The molecule has 0 bridgehead atoms. The molecule has 1 atom stereocenters. The highest BCUT2D eigenvalue weighted by molar-refractivity contribution is 5.97. The molecule has 1 unspecified atom stereocenters. The Labute approximate surface area is 172 Å². The van der Waals surface area contributed by atoms with Crippen LogP contribution in [0.5, 0.6) is 5.75 Å². The number of benzene rings is 2. The van der Waals surface area contributed by atoms with E-state index in [9.17, 15) is 9.59 Å². The Morgan fingerprint density at radius 2 is 1.86 bits per heavy atom. The number of hydrogen-bond acceptors (Lipinski definition) is 3. The Morgan fingerprint density at radius 1 is 1.10 bits per heavy atom. The summed E-state index contributed by atoms with van der Waals surface area (Å²) in [4.78, 5) is 27.1. The molecule has 5 nitrogen and oxygen atoms in total. The van der Waals surface area contributed by atoms with Gasteiger partial charge in [-0.2, -0.15) is 0 Å². The van der Waals surface area contributed by atoms with Gasteiger partial charge >= 0.3 is 0 Å². The molecule has 0 fully saturated rings. The molecule has 0 saturated carbocycles. The summed E-state index contributed by atoms with van der Waals surface area (Å²) in [6.07, 6.45) is 2.33. The second-order valence-corrected chi connectivity index (χ2v) is 8.49. The van der Waals surface area contributed by atoms with Crippen molar-refractivity contribution in [1.82, 2.24) is 5.32 Å². The van der Waals surface area contributed by atoms with Gasteiger partial charge in [-0.1, -0.05) is 50.2 Å². The number of nitrogens with zero attached hydrogens (tertiary/aromatic N) is 1. The lowest BCUT2D eigenvalue weighted by Crippen LogP contribution is -2.39. The summed E-state index contributed by atoms with van der Waals surface area (Å²) in [5, 5.41) is 3.16. The summed E-state index contributed by atoms with van der Waals surface area (Å²) in [6, 6.07) is 15.9. The summed E-state index contributed by atoms with van der Waals surface area (Å²) in [7, 11) is 0. The Balaban J connectivity index is 1.37. The van der Waals surface area contributed by atoms with Gasteiger partial charge < -0.3 is 15.0 Å². The van der Waals surface area contributed by atoms with Crippen molar-refractivity contribution in [1.29, 1.82) is 0 Å². The summed E-state index contributed by atoms with van der Waals surface area (Å²) in [5.74, 6) is 0.610. The van der Waals surface area contributed by atoms with Gasteiger partial charge in [-0.15, -0.1) is 0 Å². The quantitative estimate of drug-likeness (QED) is 0.851. The molecule has 5 heteroatoms. The van der Waals surface area contributed by atoms with Crippen molar-refractivity contribution in [3.63, 3.8) is 0 Å². The minimum atomic E-state index is -0.0700. The van der Waals surface area contributed by atoms with Crippen LogP contribution in [-0.2, 0) is 15.0 Å². The predicted octanol–water partition coefficient (Wildman–Crippen LogP) is 4.12. The molecule has 1 N–H and O–H groups in total. The zero-order valence-corrected chi connectivity index (χ0v) is 17.1. The van der Waals surface area contributed by atoms with Crippen LogP contribution in [0.2, 0.25) is 0 Å². The normalized spacial score (nSPS) is 19.5. The van der Waals surface area contributed by atoms with Crippen molar-refractivity contribution >= 4 is 17.5 Å². The van der Waals surface area contributed by atoms with E-state index in [0.717, 1.165) is 24.3 Å². The third kappa shape index (κ3) is 4.00. The minimum Gasteiger partial charge on any atom is -0.490 e. The van der Waals surface area contributed by atoms with E-state index in [0.29, 0.717) is 13.2 Å². The maximum atomic E-state index is 12.7. The topological polar surface area (TPSA) is 58.6 Å². The first-order valence-electron chi connectivity index (χ1n) is 10.4. The number of hydrogen-bond donors (Lipinski definition) is 1. The number of carbonyl (C=O) groups excluding carboxylic acids is 2. The zero-order chi connectivity index (χ0) is 20.4. The molecule has 0 spiro atoms. The number of anilines is 1. The van der Waals surface area contributed by atoms with Gasteiger partial charge in [0, 0.05) is 12.8 Å². The zero-order valence-electron chi connectivity index (χ0n) is 17.1. The van der Waals surface area contributed by atoms with Crippen molar-refractivity contribution in [2.75, 3.05) is 18.1 Å². The largest absolute Gasteiger partial charge is 0.490 e. The SMILES string of the molecule is CC1(C)CCC(NC(=O)CCC(=O)N2CCOc3ccccc32)c2ccccc21. The van der Waals surface area contributed by atoms with Crippen LogP contribution >= 0.6 is 0 Å². The van der Waals surface area contributed by atoms with Crippen LogP contribution in [0.15, 0.2) is 48.5 Å². The van der Waals surface area contributed by atoms with Crippen LogP contribution in [0.25, 0.3) is 0 Å². The van der Waals surface area contributed by atoms with E-state index >= 15 is 0 Å². The van der Waals surface area contributed by atoms with Crippen LogP contribution in [-0.4, -0.2) is 25.0 Å². The molecule has 2 aromatic carbocycles. The fourth-order valence-corrected chi connectivity index (χ4v) is 4.41. The van der Waals surface area contributed by atoms with E-state index in [2.05, 4.69) is 37.4 Å². The number of para-hydroxylation sites is 2. The lowest BCUT2D eigenvalue weighted by molar-refractivity contribution is -0.125. The lowest BCUT2D eigenvalue weighted by atomic mass is 9.71. The van der Waals surface area contributed by atoms with E-state index in [1.54, 1.807) is 4.90 Å². The summed E-state index contributed by atoms with van der Waals surface area (Å²) in [5.41, 5.74) is 3.41. The molecule has 4 rings (SSSR count). The molecule has 152 valence electrons. The number of ether oxygens (including phenoxy) is 1. The maximum absolute atomic E-state index is 12.7. The van der Waals surface area contributed by atoms with E-state index in [-0.39, 0.29) is 36.1 Å². The highest BCUT2D eigenvalue weighted by atomic mass is 16.5. The number of carbonyl (C=O) groups is 2. The molecule has 29 heavy (non-hydrogen) atoms. The van der Waals surface area contributed by atoms with E-state index in [1.807, 2.05) is 30.3 Å². The first-order chi connectivity index (χ1) is 14.0. The molecule has 2 amide bonds. The molecule has 1 aliphatic carbocycles. The van der Waals surface area contributed by atoms with Crippen LogP contribution < -0.4 is 15.0 Å². The predicted molar refractivity (Wildman–Crippen MR) is 113 cm³/mol. The number of rotatable bonds is 4. The van der Waals surface area contributed by atoms with Gasteiger partial charge in [-0.25, -0.2) is 0 Å². The number of nitrogens with one attached hydrogen (secondary N) is 1. The monoisotopic (exact) mass is 392 g/mol. The highest BCUT2D eigenvalue weighted by Crippen LogP contribution is 2.41. The van der Waals surface area contributed by atoms with Gasteiger partial charge in [-0.05, 0) is 41.5 Å². The maximum Gasteiger partial charge on any atom is 0.227 e. The van der Waals surface area contributed by atoms with E-state index in [4.69, 9.17) is 4.74 Å². The fourth-order valence-electron chi connectivity index (χ4n) is 4.41. The third-order valence-corrected chi connectivity index (χ3v) is 6.05. The second kappa shape index (κ2) is 7.90. The summed E-state index contributed by atoms with van der Waals surface area (Å²) >= 11 is 0. The molecule has 0 aromatic heterocycles. The van der Waals surface area contributed by atoms with E-state index in [1.165, 1.54) is 11.1 Å². The highest BCUT2D eigenvalue weighted by Gasteiger charge is 2.33. The summed E-state index contributed by atoms with van der Waals surface area (Å²) in [6.45, 7) is 5.50. The number of amides is 2. The van der Waals surface area contributed by atoms with E-state index < -0.39 is 0 Å². The molecular formula is C24H28N2O3. The van der Waals surface area contributed by atoms with Crippen molar-refractivity contribution in [3.8, 4) is 5.75 Å². The Bertz CT molecular complexity index is 922. The van der Waals surface area contributed by atoms with Crippen LogP contribution in [0, 0.1) is 0 Å². The van der Waals surface area contributed by atoms with Gasteiger partial charge in [0.25, 0.3) is 0 Å². The van der Waals surface area contributed by atoms with Crippen LogP contribution in [0.4, 0.5) is 5.69 Å². The molecule has 0 radical (unpaired) electrons. The van der Waals surface area contributed by atoms with Gasteiger partial charge in [-0.3, -0.25) is 9.59 Å². The smallest absolute Gasteiger partial charge is 0.227 e. The Hall–Kier alpha value is -2.82. The Kier molecular flexibility index (Phi) is 5.31. The molecule has 0 saturated heterocycles. The molecule has 1 aliphatic heterocycles. The molecular weight excluding hydrogens is 364 g/mol. The second-order valence-electron chi connectivity index (χ2n) is 8.49. The summed E-state index contributed by atoms with van der Waals surface area (Å²) < 4.78 is 5.61. The van der Waals surface area contributed by atoms with Gasteiger partial charge in [0.2, 0.25) is 11.8 Å². The van der Waals surface area contributed by atoms with Crippen LogP contribution in [0.1, 0.15) is 56.7 Å². The Morgan fingerprint density at radius 3 is 2.72 bits per heavy atom. The fraction of sp³-hybridized carbons (Fsp3) is 0.417. The molecule has 2 aromatic rings. The number of fused-ring (bicyclic) bond motifs is 2. The third-order valence-electron chi connectivity index (χ3n) is 6.05. The van der Waals surface area contributed by atoms with Crippen LogP contribution in [0.3, 0.4) is 0 Å². The minimum absolute atomic E-state index is 0.0194. The van der Waals surface area contributed by atoms with Gasteiger partial charge in [0.05, 0.1) is 18.3 Å². The lowest BCUT2D eigenvalue weighted by Gasteiger charge is -2.37.